The van der Waals surface area contributed by atoms with Gasteiger partial charge in [0.1, 0.15) is 0 Å². The molecule has 0 unspecified atom stereocenters. The summed E-state index contributed by atoms with van der Waals surface area (Å²) in [4.78, 5) is 16.4. The van der Waals surface area contributed by atoms with E-state index >= 15 is 0 Å². The molecule has 1 aliphatic heterocycles. The van der Waals surface area contributed by atoms with Crippen molar-refractivity contribution in [3.8, 4) is 0 Å². The Hall–Kier alpha value is -1.95. The minimum atomic E-state index is 0.195. The number of fused-ring (bicyclic) bond motifs is 1. The molecule has 2 aromatic heterocycles. The first-order valence-corrected chi connectivity index (χ1v) is 8.63. The molecule has 2 fully saturated rings. The molecule has 6 nitrogen and oxygen atoms in total. The fraction of sp³-hybridized carbons (Fsp3) is 0.588. The van der Waals surface area contributed by atoms with Crippen LogP contribution in [0.1, 0.15) is 37.3 Å². The van der Waals surface area contributed by atoms with Crippen LogP contribution >= 0.6 is 0 Å². The molecule has 2 N–H and O–H groups in total. The maximum atomic E-state index is 11.9. The highest BCUT2D eigenvalue weighted by Gasteiger charge is 2.25. The van der Waals surface area contributed by atoms with Crippen molar-refractivity contribution in [1.29, 1.82) is 0 Å². The van der Waals surface area contributed by atoms with Crippen molar-refractivity contribution in [2.75, 3.05) is 19.6 Å². The van der Waals surface area contributed by atoms with Crippen molar-refractivity contribution in [3.05, 3.63) is 24.0 Å². The Morgan fingerprint density at radius 3 is 3.04 bits per heavy atom. The lowest BCUT2D eigenvalue weighted by Crippen LogP contribution is -2.36. The first-order valence-electron chi connectivity index (χ1n) is 8.63. The van der Waals surface area contributed by atoms with E-state index in [1.54, 1.807) is 0 Å². The third-order valence-corrected chi connectivity index (χ3v) is 5.08. The average Bonchev–Trinajstić information content (AvgIpc) is 3.13. The van der Waals surface area contributed by atoms with Gasteiger partial charge in [0, 0.05) is 36.5 Å². The Kier molecular flexibility index (Phi) is 3.99. The number of amides is 1. The van der Waals surface area contributed by atoms with Gasteiger partial charge in [-0.2, -0.15) is 5.10 Å². The van der Waals surface area contributed by atoms with Crippen LogP contribution in [0.2, 0.25) is 0 Å². The summed E-state index contributed by atoms with van der Waals surface area (Å²) in [6.07, 6.45) is 6.20. The second-order valence-electron chi connectivity index (χ2n) is 6.59. The summed E-state index contributed by atoms with van der Waals surface area (Å²) in [6.45, 7) is 3.33. The molecule has 1 saturated carbocycles. The Morgan fingerprint density at radius 2 is 2.30 bits per heavy atom. The van der Waals surface area contributed by atoms with Gasteiger partial charge in [-0.15, -0.1) is 0 Å². The fourth-order valence-corrected chi connectivity index (χ4v) is 3.48. The number of nitrogens with zero attached hydrogens (tertiary/aromatic N) is 3. The van der Waals surface area contributed by atoms with Gasteiger partial charge >= 0.3 is 0 Å². The van der Waals surface area contributed by atoms with Crippen molar-refractivity contribution in [1.82, 2.24) is 25.4 Å². The molecule has 1 amide bonds. The number of hydrogen-bond acceptors (Lipinski definition) is 4. The highest BCUT2D eigenvalue weighted by atomic mass is 16.1. The molecule has 23 heavy (non-hydrogen) atoms. The predicted octanol–water partition coefficient (Wildman–Crippen LogP) is 1.42. The van der Waals surface area contributed by atoms with Crippen molar-refractivity contribution in [3.63, 3.8) is 0 Å². The minimum absolute atomic E-state index is 0.195. The van der Waals surface area contributed by atoms with Crippen LogP contribution < -0.4 is 10.6 Å². The van der Waals surface area contributed by atoms with E-state index in [0.29, 0.717) is 19.0 Å². The molecule has 3 heterocycles. The maximum absolute atomic E-state index is 11.9. The molecule has 0 aromatic carbocycles. The van der Waals surface area contributed by atoms with Crippen molar-refractivity contribution in [2.24, 2.45) is 5.92 Å². The summed E-state index contributed by atoms with van der Waals surface area (Å²) in [5, 5.41) is 12.4. The highest BCUT2D eigenvalue weighted by molar-refractivity contribution is 5.80. The Labute approximate surface area is 135 Å². The van der Waals surface area contributed by atoms with Crippen LogP contribution in [0.3, 0.4) is 0 Å². The molecule has 4 rings (SSSR count). The number of rotatable bonds is 5. The van der Waals surface area contributed by atoms with Crippen molar-refractivity contribution >= 4 is 16.9 Å². The highest BCUT2D eigenvalue weighted by Crippen LogP contribution is 2.28. The quantitative estimate of drug-likeness (QED) is 0.876. The van der Waals surface area contributed by atoms with E-state index in [-0.39, 0.29) is 11.8 Å². The van der Waals surface area contributed by atoms with Crippen LogP contribution in [0.4, 0.5) is 0 Å². The first-order chi connectivity index (χ1) is 11.3. The van der Waals surface area contributed by atoms with E-state index in [0.717, 1.165) is 49.1 Å². The van der Waals surface area contributed by atoms with Gasteiger partial charge in [-0.05, 0) is 37.9 Å². The molecular weight excluding hydrogens is 290 g/mol. The van der Waals surface area contributed by atoms with Crippen LogP contribution in [0.15, 0.2) is 18.3 Å². The molecule has 1 atom stereocenters. The summed E-state index contributed by atoms with van der Waals surface area (Å²) < 4.78 is 1.95. The lowest BCUT2D eigenvalue weighted by atomic mass is 9.85. The summed E-state index contributed by atoms with van der Waals surface area (Å²) in [5.41, 5.74) is 2.07. The number of nitrogens with one attached hydrogen (secondary N) is 2. The molecule has 0 bridgehead atoms. The van der Waals surface area contributed by atoms with Gasteiger partial charge in [-0.25, -0.2) is 9.67 Å². The van der Waals surface area contributed by atoms with Gasteiger partial charge in [0.2, 0.25) is 5.91 Å². The predicted molar refractivity (Wildman–Crippen MR) is 88.1 cm³/mol. The van der Waals surface area contributed by atoms with Gasteiger partial charge in [0.15, 0.2) is 5.65 Å². The lowest BCUT2D eigenvalue weighted by molar-refractivity contribution is -0.127. The van der Waals surface area contributed by atoms with Gasteiger partial charge in [0.05, 0.1) is 12.2 Å². The molecule has 0 radical (unpaired) electrons. The maximum Gasteiger partial charge on any atom is 0.223 e. The van der Waals surface area contributed by atoms with E-state index in [1.807, 2.05) is 16.9 Å². The summed E-state index contributed by atoms with van der Waals surface area (Å²) in [6, 6.07) is 4.07. The van der Waals surface area contributed by atoms with Crippen LogP contribution in [0.5, 0.6) is 0 Å². The zero-order valence-electron chi connectivity index (χ0n) is 13.3. The third kappa shape index (κ3) is 2.83. The van der Waals surface area contributed by atoms with Crippen molar-refractivity contribution < 1.29 is 4.79 Å². The summed E-state index contributed by atoms with van der Waals surface area (Å²) in [5.74, 6) is 0.899. The summed E-state index contributed by atoms with van der Waals surface area (Å²) in [7, 11) is 0. The van der Waals surface area contributed by atoms with Gasteiger partial charge in [0.25, 0.3) is 0 Å². The van der Waals surface area contributed by atoms with Crippen LogP contribution in [-0.2, 0) is 11.3 Å². The van der Waals surface area contributed by atoms with Crippen LogP contribution in [-0.4, -0.2) is 40.3 Å². The molecule has 1 saturated heterocycles. The van der Waals surface area contributed by atoms with Crippen molar-refractivity contribution in [2.45, 2.75) is 38.1 Å². The molecule has 6 heteroatoms. The minimum Gasteiger partial charge on any atom is -0.354 e. The molecule has 122 valence electrons. The molecular formula is C17H23N5O. The second kappa shape index (κ2) is 6.28. The SMILES string of the molecule is O=C(NCCn1nc([C@@H]2CCNC2)c2cccnc21)C1CCC1. The van der Waals surface area contributed by atoms with E-state index in [4.69, 9.17) is 5.10 Å². The largest absolute Gasteiger partial charge is 0.354 e. The Balaban J connectivity index is 1.49. The number of aromatic nitrogens is 3. The Morgan fingerprint density at radius 1 is 1.39 bits per heavy atom. The smallest absolute Gasteiger partial charge is 0.223 e. The second-order valence-corrected chi connectivity index (χ2v) is 6.59. The van der Waals surface area contributed by atoms with Crippen LogP contribution in [0.25, 0.3) is 11.0 Å². The lowest BCUT2D eigenvalue weighted by Gasteiger charge is -2.23. The first kappa shape index (κ1) is 14.6. The zero-order valence-corrected chi connectivity index (χ0v) is 13.3. The standard InChI is InChI=1S/C17H23N5O/c23-17(12-3-1-4-12)20-9-10-22-16-14(5-2-7-19-16)15(21-22)13-6-8-18-11-13/h2,5,7,12-13,18H,1,3-4,6,8-11H2,(H,20,23)/t13-/m1/s1. The van der Waals surface area contributed by atoms with Gasteiger partial charge < -0.3 is 10.6 Å². The fourth-order valence-electron chi connectivity index (χ4n) is 3.48. The Bertz CT molecular complexity index is 700. The monoisotopic (exact) mass is 313 g/mol. The van der Waals surface area contributed by atoms with E-state index in [2.05, 4.69) is 21.7 Å². The van der Waals surface area contributed by atoms with E-state index in [9.17, 15) is 4.79 Å². The molecule has 2 aromatic rings. The summed E-state index contributed by atoms with van der Waals surface area (Å²) >= 11 is 0. The van der Waals surface area contributed by atoms with Gasteiger partial charge in [-0.3, -0.25) is 4.79 Å². The van der Waals surface area contributed by atoms with E-state index < -0.39 is 0 Å². The molecule has 0 spiro atoms. The molecule has 1 aliphatic carbocycles. The normalized spacial score (nSPS) is 21.5. The number of hydrogen-bond donors (Lipinski definition) is 2. The topological polar surface area (TPSA) is 71.8 Å². The van der Waals surface area contributed by atoms with Crippen LogP contribution in [0, 0.1) is 5.92 Å². The third-order valence-electron chi connectivity index (χ3n) is 5.08. The number of carbonyl (C=O) groups excluding carboxylic acids is 1. The number of pyridine rings is 1. The zero-order chi connectivity index (χ0) is 15.6. The molecule has 2 aliphatic rings. The van der Waals surface area contributed by atoms with E-state index in [1.165, 1.54) is 6.42 Å². The van der Waals surface area contributed by atoms with Gasteiger partial charge in [-0.1, -0.05) is 6.42 Å². The average molecular weight is 313 g/mol. The number of carbonyl (C=O) groups is 1.